The fourth-order valence-corrected chi connectivity index (χ4v) is 3.89. The molecule has 0 unspecified atom stereocenters. The van der Waals surface area contributed by atoms with Crippen molar-refractivity contribution in [3.63, 3.8) is 0 Å². The number of aryl methyl sites for hydroxylation is 1. The van der Waals surface area contributed by atoms with Crippen molar-refractivity contribution < 1.29 is 21.1 Å². The number of aromatic nitrogens is 4. The van der Waals surface area contributed by atoms with Gasteiger partial charge in [-0.15, -0.1) is 5.10 Å². The number of benzene rings is 2. The minimum Gasteiger partial charge on any atom is -0.229 e. The first-order valence-electron chi connectivity index (χ1n) is 8.42. The van der Waals surface area contributed by atoms with E-state index in [0.717, 1.165) is 11.4 Å². The van der Waals surface area contributed by atoms with E-state index in [9.17, 15) is 0 Å². The number of tetrazole rings is 1. The maximum atomic E-state index is 4.25. The third kappa shape index (κ3) is 2.58. The van der Waals surface area contributed by atoms with Gasteiger partial charge in [-0.3, -0.25) is 0 Å². The maximum Gasteiger partial charge on any atom is 0.182 e. The van der Waals surface area contributed by atoms with Crippen LogP contribution in [0.4, 0.5) is 0 Å². The predicted molar refractivity (Wildman–Crippen MR) is 95.9 cm³/mol. The number of rotatable bonds is 2. The first kappa shape index (κ1) is 18.0. The van der Waals surface area contributed by atoms with Gasteiger partial charge in [0.15, 0.2) is 5.82 Å². The average Bonchev–Trinajstić information content (AvgIpc) is 3.07. The molecule has 132 valence electrons. The number of hydrogen-bond acceptors (Lipinski definition) is 3. The van der Waals surface area contributed by atoms with Crippen molar-refractivity contribution in [3.8, 4) is 22.5 Å². The first-order valence-corrected chi connectivity index (χ1v) is 8.42. The van der Waals surface area contributed by atoms with Gasteiger partial charge in [0.1, 0.15) is 0 Å². The van der Waals surface area contributed by atoms with E-state index in [4.69, 9.17) is 0 Å². The Morgan fingerprint density at radius 3 is 2.32 bits per heavy atom. The molecule has 5 heteroatoms. The van der Waals surface area contributed by atoms with Gasteiger partial charge in [0.2, 0.25) is 0 Å². The third-order valence-electron chi connectivity index (χ3n) is 5.24. The minimum atomic E-state index is -0.0117. The molecule has 1 aromatic heterocycles. The van der Waals surface area contributed by atoms with Gasteiger partial charge < -0.3 is 0 Å². The van der Waals surface area contributed by atoms with Crippen LogP contribution in [0.3, 0.4) is 0 Å². The molecule has 0 bridgehead atoms. The van der Waals surface area contributed by atoms with E-state index >= 15 is 0 Å². The van der Waals surface area contributed by atoms with Gasteiger partial charge in [-0.2, -0.15) is 0 Å². The van der Waals surface area contributed by atoms with E-state index in [1.165, 1.54) is 27.8 Å². The van der Waals surface area contributed by atoms with E-state index in [1.807, 2.05) is 7.05 Å². The predicted octanol–water partition coefficient (Wildman–Crippen LogP) is 4.30. The third-order valence-corrected chi connectivity index (χ3v) is 5.24. The van der Waals surface area contributed by atoms with E-state index in [2.05, 4.69) is 79.6 Å². The second-order valence-corrected chi connectivity index (χ2v) is 7.44. The van der Waals surface area contributed by atoms with Gasteiger partial charge in [0.05, 0.1) is 0 Å². The zero-order valence-electron chi connectivity index (χ0n) is 15.1. The summed E-state index contributed by atoms with van der Waals surface area (Å²) in [6.45, 7) is 9.04. The molecule has 0 N–H and O–H groups in total. The molecule has 1 heterocycles. The van der Waals surface area contributed by atoms with Crippen LogP contribution in [0.15, 0.2) is 36.4 Å². The Hall–Kier alpha value is -1.80. The summed E-state index contributed by atoms with van der Waals surface area (Å²) >= 11 is 0. The quantitative estimate of drug-likeness (QED) is 0.513. The molecule has 2 aromatic carbocycles. The second-order valence-electron chi connectivity index (χ2n) is 7.44. The molecular formula is C20H22N4Pt. The van der Waals surface area contributed by atoms with Crippen LogP contribution < -0.4 is 0 Å². The van der Waals surface area contributed by atoms with E-state index in [0.29, 0.717) is 5.92 Å². The van der Waals surface area contributed by atoms with Gasteiger partial charge in [0.25, 0.3) is 0 Å². The molecule has 0 saturated carbocycles. The van der Waals surface area contributed by atoms with Crippen molar-refractivity contribution >= 4 is 0 Å². The summed E-state index contributed by atoms with van der Waals surface area (Å²) in [4.78, 5) is 0. The summed E-state index contributed by atoms with van der Waals surface area (Å²) in [5.41, 5.74) is 7.85. The van der Waals surface area contributed by atoms with Crippen LogP contribution >= 0.6 is 0 Å². The minimum absolute atomic E-state index is 0. The molecule has 1 aliphatic carbocycles. The Bertz CT molecular complexity index is 941. The number of fused-ring (bicyclic) bond motifs is 3. The molecule has 4 rings (SSSR count). The van der Waals surface area contributed by atoms with Crippen molar-refractivity contribution in [1.29, 1.82) is 0 Å². The van der Waals surface area contributed by atoms with Crippen LogP contribution in [0.1, 0.15) is 50.3 Å². The van der Waals surface area contributed by atoms with Crippen LogP contribution in [0.5, 0.6) is 0 Å². The Morgan fingerprint density at radius 2 is 1.68 bits per heavy atom. The van der Waals surface area contributed by atoms with Gasteiger partial charge >= 0.3 is 0 Å². The Morgan fingerprint density at radius 1 is 0.960 bits per heavy atom. The second kappa shape index (κ2) is 6.17. The van der Waals surface area contributed by atoms with Crippen molar-refractivity contribution in [2.45, 2.75) is 39.0 Å². The molecule has 0 amide bonds. The van der Waals surface area contributed by atoms with Crippen molar-refractivity contribution in [1.82, 2.24) is 20.2 Å². The fraction of sp³-hybridized carbons (Fsp3) is 0.350. The van der Waals surface area contributed by atoms with Gasteiger partial charge in [0, 0.05) is 39.1 Å². The normalized spacial score (nSPS) is 14.2. The van der Waals surface area contributed by atoms with Crippen molar-refractivity contribution in [2.24, 2.45) is 7.05 Å². The molecular weight excluding hydrogens is 491 g/mol. The van der Waals surface area contributed by atoms with Crippen molar-refractivity contribution in [3.05, 3.63) is 53.1 Å². The van der Waals surface area contributed by atoms with Gasteiger partial charge in [-0.25, -0.2) is 4.68 Å². The van der Waals surface area contributed by atoms with Gasteiger partial charge in [-0.1, -0.05) is 52.0 Å². The first-order chi connectivity index (χ1) is 11.4. The topological polar surface area (TPSA) is 43.6 Å². The molecule has 0 aliphatic heterocycles. The summed E-state index contributed by atoms with van der Waals surface area (Å²) in [7, 11) is 1.90. The molecule has 1 aliphatic rings. The summed E-state index contributed by atoms with van der Waals surface area (Å²) in [5.74, 6) is 1.23. The smallest absolute Gasteiger partial charge is 0.182 e. The van der Waals surface area contributed by atoms with Crippen LogP contribution in [-0.4, -0.2) is 20.2 Å². The summed E-state index contributed by atoms with van der Waals surface area (Å²) in [6.07, 6.45) is 0. The van der Waals surface area contributed by atoms with E-state index in [-0.39, 0.29) is 26.5 Å². The average molecular weight is 514 g/mol. The fourth-order valence-electron chi connectivity index (χ4n) is 3.89. The summed E-state index contributed by atoms with van der Waals surface area (Å²) in [5, 5.41) is 12.1. The SMILES string of the molecule is CC(C)c1cc2c(cc1-c1nnnn1C)C(C)(C)c1ccccc1-2.[Pt]. The largest absolute Gasteiger partial charge is 0.229 e. The van der Waals surface area contributed by atoms with E-state index < -0.39 is 0 Å². The number of hydrogen-bond donors (Lipinski definition) is 0. The van der Waals surface area contributed by atoms with Crippen LogP contribution in [-0.2, 0) is 33.5 Å². The van der Waals surface area contributed by atoms with Crippen LogP contribution in [0.25, 0.3) is 22.5 Å². The molecule has 25 heavy (non-hydrogen) atoms. The van der Waals surface area contributed by atoms with E-state index in [1.54, 1.807) is 4.68 Å². The summed E-state index contributed by atoms with van der Waals surface area (Å²) in [6, 6.07) is 13.4. The van der Waals surface area contributed by atoms with Crippen LogP contribution in [0, 0.1) is 0 Å². The zero-order chi connectivity index (χ0) is 17.1. The standard InChI is InChI=1S/C20H22N4.Pt/c1-12(2)14-10-15-13-8-6-7-9-17(13)20(3,4)18(15)11-16(14)19-21-22-23-24(19)5;/h6-12H,1-5H3;. The molecule has 3 aromatic rings. The number of nitrogens with zero attached hydrogens (tertiary/aromatic N) is 4. The monoisotopic (exact) mass is 513 g/mol. The maximum absolute atomic E-state index is 4.25. The zero-order valence-corrected chi connectivity index (χ0v) is 17.4. The molecule has 0 saturated heterocycles. The summed E-state index contributed by atoms with van der Waals surface area (Å²) < 4.78 is 1.75. The molecule has 0 atom stereocenters. The Kier molecular flexibility index (Phi) is 4.45. The molecule has 0 spiro atoms. The molecule has 4 nitrogen and oxygen atoms in total. The van der Waals surface area contributed by atoms with Crippen LogP contribution in [0.2, 0.25) is 0 Å². The molecule has 0 fully saturated rings. The van der Waals surface area contributed by atoms with Crippen molar-refractivity contribution in [2.75, 3.05) is 0 Å². The Balaban J connectivity index is 0.00000182. The van der Waals surface area contributed by atoms with Gasteiger partial charge in [-0.05, 0) is 56.3 Å². The molecule has 0 radical (unpaired) electrons. The Labute approximate surface area is 162 Å².